The summed E-state index contributed by atoms with van der Waals surface area (Å²) in [6.07, 6.45) is 1.74. The Kier molecular flexibility index (Phi) is 5.73. The van der Waals surface area contributed by atoms with Gasteiger partial charge in [-0.1, -0.05) is 48.5 Å². The van der Waals surface area contributed by atoms with Crippen molar-refractivity contribution >= 4 is 24.0 Å². The quantitative estimate of drug-likeness (QED) is 0.479. The molecule has 1 amide bonds. The van der Waals surface area contributed by atoms with Crippen LogP contribution >= 0.6 is 0 Å². The highest BCUT2D eigenvalue weighted by Crippen LogP contribution is 2.22. The number of aliphatic hydroxyl groups is 1. The van der Waals surface area contributed by atoms with Crippen molar-refractivity contribution in [3.8, 4) is 0 Å². The number of benzene rings is 2. The number of para-hydroxylation sites is 1. The average Bonchev–Trinajstić information content (AvgIpc) is 3.06. The van der Waals surface area contributed by atoms with E-state index < -0.39 is 24.9 Å². The van der Waals surface area contributed by atoms with Crippen LogP contribution in [0.2, 0.25) is 0 Å². The van der Waals surface area contributed by atoms with Gasteiger partial charge in [0.2, 0.25) is 5.91 Å². The standard InChI is InChI=1S/C19H20BNO5/c22-11-16(13-6-2-1-3-7-13)19(23)21-18(20(24)25)10-14-12-26-17-9-5-4-8-15(14)17/h1-9,12,16,18,22,24-25H,10-11H2,(H,21,23). The summed E-state index contributed by atoms with van der Waals surface area (Å²) < 4.78 is 5.46. The Labute approximate surface area is 151 Å². The Hall–Kier alpha value is -2.61. The molecule has 0 spiro atoms. The summed E-state index contributed by atoms with van der Waals surface area (Å²) in [5, 5.41) is 32.5. The Balaban J connectivity index is 1.77. The summed E-state index contributed by atoms with van der Waals surface area (Å²) in [6.45, 7) is -0.376. The van der Waals surface area contributed by atoms with Crippen LogP contribution in [0.1, 0.15) is 17.0 Å². The van der Waals surface area contributed by atoms with Crippen LogP contribution in [0, 0.1) is 0 Å². The molecule has 26 heavy (non-hydrogen) atoms. The predicted molar refractivity (Wildman–Crippen MR) is 98.3 cm³/mol. The molecule has 0 fully saturated rings. The zero-order chi connectivity index (χ0) is 18.5. The molecule has 2 aromatic carbocycles. The number of fused-ring (bicyclic) bond motifs is 1. The Bertz CT molecular complexity index is 865. The molecule has 0 aliphatic heterocycles. The van der Waals surface area contributed by atoms with E-state index in [0.717, 1.165) is 10.9 Å². The maximum absolute atomic E-state index is 12.6. The first-order valence-corrected chi connectivity index (χ1v) is 8.37. The number of amides is 1. The van der Waals surface area contributed by atoms with Crippen LogP contribution < -0.4 is 5.32 Å². The van der Waals surface area contributed by atoms with Gasteiger partial charge in [0.25, 0.3) is 0 Å². The van der Waals surface area contributed by atoms with Gasteiger partial charge in [-0.3, -0.25) is 4.79 Å². The first-order chi connectivity index (χ1) is 12.6. The highest BCUT2D eigenvalue weighted by atomic mass is 16.4. The third kappa shape index (κ3) is 3.96. The molecule has 1 aromatic heterocycles. The molecule has 2 atom stereocenters. The number of nitrogens with one attached hydrogen (secondary N) is 1. The molecule has 134 valence electrons. The van der Waals surface area contributed by atoms with Gasteiger partial charge >= 0.3 is 7.12 Å². The molecule has 0 saturated carbocycles. The van der Waals surface area contributed by atoms with Crippen molar-refractivity contribution in [1.29, 1.82) is 0 Å². The number of carbonyl (C=O) groups excluding carboxylic acids is 1. The molecule has 2 unspecified atom stereocenters. The lowest BCUT2D eigenvalue weighted by Gasteiger charge is -2.21. The second kappa shape index (κ2) is 8.18. The molecule has 0 aliphatic rings. The summed E-state index contributed by atoms with van der Waals surface area (Å²) in [5.41, 5.74) is 2.12. The highest BCUT2D eigenvalue weighted by Gasteiger charge is 2.30. The van der Waals surface area contributed by atoms with Gasteiger partial charge in [0, 0.05) is 5.39 Å². The van der Waals surface area contributed by atoms with E-state index in [-0.39, 0.29) is 13.0 Å². The average molecular weight is 353 g/mol. The molecule has 6 nitrogen and oxygen atoms in total. The third-order valence-corrected chi connectivity index (χ3v) is 4.39. The van der Waals surface area contributed by atoms with E-state index in [0.29, 0.717) is 11.1 Å². The topological polar surface area (TPSA) is 103 Å². The number of aliphatic hydroxyl groups excluding tert-OH is 1. The van der Waals surface area contributed by atoms with Gasteiger partial charge in [0.15, 0.2) is 0 Å². The summed E-state index contributed by atoms with van der Waals surface area (Å²) in [4.78, 5) is 12.6. The Morgan fingerprint density at radius 3 is 2.46 bits per heavy atom. The van der Waals surface area contributed by atoms with E-state index in [9.17, 15) is 19.9 Å². The van der Waals surface area contributed by atoms with Crippen molar-refractivity contribution in [3.05, 3.63) is 72.0 Å². The lowest BCUT2D eigenvalue weighted by Crippen LogP contribution is -2.49. The van der Waals surface area contributed by atoms with Crippen molar-refractivity contribution in [2.45, 2.75) is 18.3 Å². The van der Waals surface area contributed by atoms with Crippen molar-refractivity contribution in [1.82, 2.24) is 5.32 Å². The van der Waals surface area contributed by atoms with Gasteiger partial charge in [-0.25, -0.2) is 0 Å². The fourth-order valence-corrected chi connectivity index (χ4v) is 2.97. The third-order valence-electron chi connectivity index (χ3n) is 4.39. The van der Waals surface area contributed by atoms with E-state index in [2.05, 4.69) is 5.32 Å². The smallest absolute Gasteiger partial charge is 0.464 e. The molecule has 0 saturated heterocycles. The molecule has 0 aliphatic carbocycles. The maximum Gasteiger partial charge on any atom is 0.475 e. The van der Waals surface area contributed by atoms with Crippen LogP contribution in [0.15, 0.2) is 65.3 Å². The summed E-state index contributed by atoms with van der Waals surface area (Å²) in [6, 6.07) is 16.3. The van der Waals surface area contributed by atoms with Crippen LogP contribution in [0.25, 0.3) is 11.0 Å². The number of hydrogen-bond acceptors (Lipinski definition) is 5. The minimum atomic E-state index is -1.75. The van der Waals surface area contributed by atoms with Gasteiger partial charge in [-0.05, 0) is 23.6 Å². The predicted octanol–water partition coefficient (Wildman–Crippen LogP) is 1.25. The van der Waals surface area contributed by atoms with Crippen molar-refractivity contribution in [2.75, 3.05) is 6.61 Å². The molecular formula is C19H20BNO5. The highest BCUT2D eigenvalue weighted by molar-refractivity contribution is 6.43. The van der Waals surface area contributed by atoms with Crippen LogP contribution in [0.5, 0.6) is 0 Å². The molecule has 1 heterocycles. The van der Waals surface area contributed by atoms with Gasteiger partial charge < -0.3 is 24.9 Å². The number of hydrogen-bond donors (Lipinski definition) is 4. The van der Waals surface area contributed by atoms with Crippen LogP contribution in [-0.4, -0.2) is 40.7 Å². The van der Waals surface area contributed by atoms with Crippen LogP contribution in [0.3, 0.4) is 0 Å². The zero-order valence-corrected chi connectivity index (χ0v) is 14.1. The lowest BCUT2D eigenvalue weighted by molar-refractivity contribution is -0.123. The molecule has 0 radical (unpaired) electrons. The van der Waals surface area contributed by atoms with E-state index in [1.165, 1.54) is 0 Å². The summed E-state index contributed by atoms with van der Waals surface area (Å²) >= 11 is 0. The minimum Gasteiger partial charge on any atom is -0.464 e. The Morgan fingerprint density at radius 1 is 1.08 bits per heavy atom. The molecule has 0 bridgehead atoms. The normalized spacial score (nSPS) is 13.3. The summed E-state index contributed by atoms with van der Waals surface area (Å²) in [7, 11) is -1.75. The number of carbonyl (C=O) groups is 1. The van der Waals surface area contributed by atoms with E-state index in [1.807, 2.05) is 30.3 Å². The fraction of sp³-hybridized carbons (Fsp3) is 0.211. The lowest BCUT2D eigenvalue weighted by atomic mass is 9.75. The number of furan rings is 1. The van der Waals surface area contributed by atoms with Gasteiger partial charge in [-0.15, -0.1) is 0 Å². The fourth-order valence-electron chi connectivity index (χ4n) is 2.97. The van der Waals surface area contributed by atoms with Crippen LogP contribution in [-0.2, 0) is 11.2 Å². The largest absolute Gasteiger partial charge is 0.475 e. The van der Waals surface area contributed by atoms with Crippen LogP contribution in [0.4, 0.5) is 0 Å². The van der Waals surface area contributed by atoms with E-state index >= 15 is 0 Å². The van der Waals surface area contributed by atoms with Crippen molar-refractivity contribution in [2.24, 2.45) is 0 Å². The number of rotatable bonds is 7. The first kappa shape index (κ1) is 18.2. The van der Waals surface area contributed by atoms with Crippen molar-refractivity contribution < 1.29 is 24.4 Å². The SMILES string of the molecule is O=C(NC(Cc1coc2ccccc12)B(O)O)C(CO)c1ccccc1. The Morgan fingerprint density at radius 2 is 1.77 bits per heavy atom. The minimum absolute atomic E-state index is 0.188. The molecule has 3 rings (SSSR count). The molecule has 7 heteroatoms. The summed E-state index contributed by atoms with van der Waals surface area (Å²) in [5.74, 6) is -2.18. The zero-order valence-electron chi connectivity index (χ0n) is 14.1. The van der Waals surface area contributed by atoms with E-state index in [1.54, 1.807) is 30.5 Å². The van der Waals surface area contributed by atoms with Gasteiger partial charge in [0.1, 0.15) is 5.58 Å². The molecular weight excluding hydrogens is 333 g/mol. The first-order valence-electron chi connectivity index (χ1n) is 8.37. The van der Waals surface area contributed by atoms with E-state index in [4.69, 9.17) is 4.42 Å². The maximum atomic E-state index is 12.6. The monoisotopic (exact) mass is 353 g/mol. The van der Waals surface area contributed by atoms with Crippen molar-refractivity contribution in [3.63, 3.8) is 0 Å². The molecule has 4 N–H and O–H groups in total. The second-order valence-corrected chi connectivity index (χ2v) is 6.14. The molecule has 3 aromatic rings. The van der Waals surface area contributed by atoms with Gasteiger partial charge in [0.05, 0.1) is 24.7 Å². The second-order valence-electron chi connectivity index (χ2n) is 6.14. The van der Waals surface area contributed by atoms with Gasteiger partial charge in [-0.2, -0.15) is 0 Å².